The number of hydrogen-bond donors (Lipinski definition) is 1. The van der Waals surface area contributed by atoms with E-state index in [9.17, 15) is 5.11 Å². The third-order valence-electron chi connectivity index (χ3n) is 2.92. The van der Waals surface area contributed by atoms with Crippen molar-refractivity contribution in [3.63, 3.8) is 0 Å². The molecule has 0 aromatic heterocycles. The summed E-state index contributed by atoms with van der Waals surface area (Å²) in [5, 5.41) is 9.31. The van der Waals surface area contributed by atoms with Crippen LogP contribution in [0.15, 0.2) is 0 Å². The molecule has 13 heavy (non-hydrogen) atoms. The minimum Gasteiger partial charge on any atom is -0.393 e. The molecule has 3 nitrogen and oxygen atoms in total. The van der Waals surface area contributed by atoms with Gasteiger partial charge >= 0.3 is 0 Å². The molecule has 0 aromatic carbocycles. The number of rotatable bonds is 2. The van der Waals surface area contributed by atoms with Gasteiger partial charge in [-0.15, -0.1) is 0 Å². The van der Waals surface area contributed by atoms with E-state index in [1.165, 1.54) is 0 Å². The lowest BCUT2D eigenvalue weighted by Gasteiger charge is -2.27. The first-order valence-electron chi connectivity index (χ1n) is 5.26. The zero-order valence-corrected chi connectivity index (χ0v) is 7.95. The Bertz CT molecular complexity index is 146. The summed E-state index contributed by atoms with van der Waals surface area (Å²) in [6, 6.07) is 0. The molecule has 2 aliphatic rings. The first-order chi connectivity index (χ1) is 6.34. The van der Waals surface area contributed by atoms with E-state index in [-0.39, 0.29) is 6.10 Å². The summed E-state index contributed by atoms with van der Waals surface area (Å²) in [7, 11) is 0. The van der Waals surface area contributed by atoms with Crippen molar-refractivity contribution in [3.8, 4) is 0 Å². The van der Waals surface area contributed by atoms with Gasteiger partial charge in [0.2, 0.25) is 0 Å². The normalized spacial score (nSPS) is 40.8. The monoisotopic (exact) mass is 186 g/mol. The molecule has 1 N–H and O–H groups in total. The van der Waals surface area contributed by atoms with Crippen LogP contribution >= 0.6 is 0 Å². The second kappa shape index (κ2) is 4.40. The molecular weight excluding hydrogens is 168 g/mol. The van der Waals surface area contributed by atoms with Crippen molar-refractivity contribution in [2.75, 3.05) is 13.2 Å². The first kappa shape index (κ1) is 9.44. The minimum atomic E-state index is -0.0836. The standard InChI is InChI=1S/C10H18O3/c11-8-1-3-9(4-2-8)13-10-5-6-12-7-10/h8-11H,1-7H2/t8?,9?,10-/m0/s1. The number of ether oxygens (including phenoxy) is 2. The topological polar surface area (TPSA) is 38.7 Å². The van der Waals surface area contributed by atoms with Crippen LogP contribution in [0, 0.1) is 0 Å². The lowest BCUT2D eigenvalue weighted by molar-refractivity contribution is -0.0489. The smallest absolute Gasteiger partial charge is 0.0834 e. The maximum absolute atomic E-state index is 9.31. The van der Waals surface area contributed by atoms with Crippen molar-refractivity contribution in [3.05, 3.63) is 0 Å². The van der Waals surface area contributed by atoms with Crippen LogP contribution in [0.25, 0.3) is 0 Å². The molecule has 0 radical (unpaired) electrons. The van der Waals surface area contributed by atoms with Crippen LogP contribution in [-0.2, 0) is 9.47 Å². The lowest BCUT2D eigenvalue weighted by Crippen LogP contribution is -2.28. The average Bonchev–Trinajstić information content (AvgIpc) is 2.62. The Morgan fingerprint density at radius 2 is 1.77 bits per heavy atom. The van der Waals surface area contributed by atoms with Crippen LogP contribution in [0.3, 0.4) is 0 Å². The maximum atomic E-state index is 9.31. The fourth-order valence-electron chi connectivity index (χ4n) is 2.07. The Hall–Kier alpha value is -0.120. The Labute approximate surface area is 79.0 Å². The molecule has 0 bridgehead atoms. The van der Waals surface area contributed by atoms with E-state index in [4.69, 9.17) is 9.47 Å². The van der Waals surface area contributed by atoms with Crippen molar-refractivity contribution >= 4 is 0 Å². The van der Waals surface area contributed by atoms with E-state index in [0.717, 1.165) is 45.3 Å². The summed E-state index contributed by atoms with van der Waals surface area (Å²) < 4.78 is 11.1. The molecule has 0 unspecified atom stereocenters. The van der Waals surface area contributed by atoms with Crippen molar-refractivity contribution < 1.29 is 14.6 Å². The molecule has 1 heterocycles. The average molecular weight is 186 g/mol. The van der Waals surface area contributed by atoms with E-state index in [0.29, 0.717) is 12.2 Å². The van der Waals surface area contributed by atoms with Gasteiger partial charge in [0.15, 0.2) is 0 Å². The molecular formula is C10H18O3. The highest BCUT2D eigenvalue weighted by Gasteiger charge is 2.24. The number of hydrogen-bond acceptors (Lipinski definition) is 3. The fourth-order valence-corrected chi connectivity index (χ4v) is 2.07. The molecule has 1 saturated heterocycles. The lowest BCUT2D eigenvalue weighted by atomic mass is 9.95. The molecule has 2 fully saturated rings. The van der Waals surface area contributed by atoms with Crippen LogP contribution in [0.2, 0.25) is 0 Å². The fraction of sp³-hybridized carbons (Fsp3) is 1.00. The third kappa shape index (κ3) is 2.66. The van der Waals surface area contributed by atoms with Gasteiger partial charge in [-0.3, -0.25) is 0 Å². The van der Waals surface area contributed by atoms with Gasteiger partial charge < -0.3 is 14.6 Å². The molecule has 0 amide bonds. The van der Waals surface area contributed by atoms with Crippen LogP contribution < -0.4 is 0 Å². The highest BCUT2D eigenvalue weighted by atomic mass is 16.5. The Kier molecular flexibility index (Phi) is 3.19. The van der Waals surface area contributed by atoms with Gasteiger partial charge in [-0.1, -0.05) is 0 Å². The predicted octanol–water partition coefficient (Wildman–Crippen LogP) is 1.10. The maximum Gasteiger partial charge on any atom is 0.0834 e. The van der Waals surface area contributed by atoms with E-state index in [1.54, 1.807) is 0 Å². The van der Waals surface area contributed by atoms with E-state index >= 15 is 0 Å². The van der Waals surface area contributed by atoms with Crippen molar-refractivity contribution in [1.29, 1.82) is 0 Å². The Morgan fingerprint density at radius 1 is 1.00 bits per heavy atom. The molecule has 1 aliphatic heterocycles. The summed E-state index contributed by atoms with van der Waals surface area (Å²) in [5.74, 6) is 0. The van der Waals surface area contributed by atoms with Gasteiger partial charge in [0, 0.05) is 6.61 Å². The van der Waals surface area contributed by atoms with Crippen molar-refractivity contribution in [2.24, 2.45) is 0 Å². The molecule has 76 valence electrons. The highest BCUT2D eigenvalue weighted by Crippen LogP contribution is 2.23. The van der Waals surface area contributed by atoms with Gasteiger partial charge in [0.05, 0.1) is 24.9 Å². The van der Waals surface area contributed by atoms with Crippen LogP contribution in [-0.4, -0.2) is 36.6 Å². The van der Waals surface area contributed by atoms with Gasteiger partial charge in [-0.2, -0.15) is 0 Å². The summed E-state index contributed by atoms with van der Waals surface area (Å²) in [6.07, 6.45) is 5.47. The molecule has 1 aliphatic carbocycles. The Balaban J connectivity index is 1.69. The van der Waals surface area contributed by atoms with Crippen LogP contribution in [0.4, 0.5) is 0 Å². The van der Waals surface area contributed by atoms with Crippen LogP contribution in [0.1, 0.15) is 32.1 Å². The van der Waals surface area contributed by atoms with Gasteiger partial charge in [0.25, 0.3) is 0 Å². The molecule has 1 saturated carbocycles. The summed E-state index contributed by atoms with van der Waals surface area (Å²) in [5.41, 5.74) is 0. The third-order valence-corrected chi connectivity index (χ3v) is 2.92. The minimum absolute atomic E-state index is 0.0836. The SMILES string of the molecule is OC1CCC(O[C@H]2CCOC2)CC1. The van der Waals surface area contributed by atoms with E-state index in [2.05, 4.69) is 0 Å². The van der Waals surface area contributed by atoms with Crippen molar-refractivity contribution in [1.82, 2.24) is 0 Å². The molecule has 0 aromatic rings. The van der Waals surface area contributed by atoms with E-state index in [1.807, 2.05) is 0 Å². The predicted molar refractivity (Wildman–Crippen MR) is 48.6 cm³/mol. The second-order valence-corrected chi connectivity index (χ2v) is 4.05. The number of aliphatic hydroxyl groups is 1. The second-order valence-electron chi connectivity index (χ2n) is 4.05. The summed E-state index contributed by atoms with van der Waals surface area (Å²) >= 11 is 0. The summed E-state index contributed by atoms with van der Waals surface area (Å²) in [4.78, 5) is 0. The van der Waals surface area contributed by atoms with Gasteiger partial charge in [-0.05, 0) is 32.1 Å². The molecule has 0 spiro atoms. The van der Waals surface area contributed by atoms with E-state index < -0.39 is 0 Å². The highest BCUT2D eigenvalue weighted by molar-refractivity contribution is 4.74. The van der Waals surface area contributed by atoms with Gasteiger partial charge in [0.1, 0.15) is 0 Å². The summed E-state index contributed by atoms with van der Waals surface area (Å²) in [6.45, 7) is 1.61. The zero-order valence-electron chi connectivity index (χ0n) is 7.95. The van der Waals surface area contributed by atoms with Crippen LogP contribution in [0.5, 0.6) is 0 Å². The molecule has 3 heteroatoms. The van der Waals surface area contributed by atoms with Gasteiger partial charge in [-0.25, -0.2) is 0 Å². The van der Waals surface area contributed by atoms with Crippen molar-refractivity contribution in [2.45, 2.75) is 50.4 Å². The quantitative estimate of drug-likeness (QED) is 0.701. The largest absolute Gasteiger partial charge is 0.393 e. The zero-order chi connectivity index (χ0) is 9.10. The number of aliphatic hydroxyl groups excluding tert-OH is 1. The Morgan fingerprint density at radius 3 is 2.38 bits per heavy atom. The molecule has 1 atom stereocenters. The first-order valence-corrected chi connectivity index (χ1v) is 5.26. The molecule has 2 rings (SSSR count).